The number of aryl methyl sites for hydroxylation is 2. The van der Waals surface area contributed by atoms with E-state index in [4.69, 9.17) is 9.15 Å². The van der Waals surface area contributed by atoms with Gasteiger partial charge in [-0.1, -0.05) is 12.1 Å². The standard InChI is InChI=1S/C18H25N3O2/c1-13-4-3-5-16(10-13)22-9-8-19-11-15-12-20-21-18(15)17-7-6-14(2)23-17/h3-7,10,15,18-21H,8-9,11-12H2,1-2H3. The van der Waals surface area contributed by atoms with Gasteiger partial charge in [0.15, 0.2) is 0 Å². The van der Waals surface area contributed by atoms with Gasteiger partial charge < -0.3 is 14.5 Å². The third kappa shape index (κ3) is 4.34. The zero-order valence-corrected chi connectivity index (χ0v) is 13.8. The molecule has 0 saturated carbocycles. The number of hydrogen-bond acceptors (Lipinski definition) is 5. The normalized spacial score (nSPS) is 20.8. The molecule has 0 aliphatic carbocycles. The third-order valence-electron chi connectivity index (χ3n) is 4.10. The zero-order chi connectivity index (χ0) is 16.1. The average Bonchev–Trinajstić information content (AvgIpc) is 3.15. The molecule has 2 atom stereocenters. The summed E-state index contributed by atoms with van der Waals surface area (Å²) in [4.78, 5) is 0. The largest absolute Gasteiger partial charge is 0.492 e. The molecular formula is C18H25N3O2. The van der Waals surface area contributed by atoms with E-state index in [0.29, 0.717) is 12.5 Å². The van der Waals surface area contributed by atoms with Crippen molar-refractivity contribution in [3.63, 3.8) is 0 Å². The predicted molar refractivity (Wildman–Crippen MR) is 90.4 cm³/mol. The van der Waals surface area contributed by atoms with Crippen molar-refractivity contribution in [1.82, 2.24) is 16.2 Å². The van der Waals surface area contributed by atoms with Gasteiger partial charge in [0, 0.05) is 25.6 Å². The van der Waals surface area contributed by atoms with Crippen molar-refractivity contribution in [2.24, 2.45) is 5.92 Å². The lowest BCUT2D eigenvalue weighted by molar-refractivity contribution is 0.302. The van der Waals surface area contributed by atoms with Crippen LogP contribution in [0.25, 0.3) is 0 Å². The van der Waals surface area contributed by atoms with Gasteiger partial charge in [-0.3, -0.25) is 5.43 Å². The first kappa shape index (κ1) is 16.1. The highest BCUT2D eigenvalue weighted by Crippen LogP contribution is 2.25. The Kier molecular flexibility index (Phi) is 5.33. The van der Waals surface area contributed by atoms with Crippen molar-refractivity contribution in [2.75, 3.05) is 26.2 Å². The maximum absolute atomic E-state index is 5.75. The second-order valence-corrected chi connectivity index (χ2v) is 6.08. The smallest absolute Gasteiger partial charge is 0.122 e. The SMILES string of the molecule is Cc1cccc(OCCNCC2CNNC2c2ccc(C)o2)c1. The minimum atomic E-state index is 0.217. The molecule has 0 amide bonds. The minimum absolute atomic E-state index is 0.217. The highest BCUT2D eigenvalue weighted by Gasteiger charge is 2.29. The van der Waals surface area contributed by atoms with Crippen LogP contribution in [0.2, 0.25) is 0 Å². The predicted octanol–water partition coefficient (Wildman–Crippen LogP) is 2.33. The summed E-state index contributed by atoms with van der Waals surface area (Å²) >= 11 is 0. The first-order valence-electron chi connectivity index (χ1n) is 8.17. The summed E-state index contributed by atoms with van der Waals surface area (Å²) in [6, 6.07) is 12.4. The van der Waals surface area contributed by atoms with E-state index in [1.807, 2.05) is 31.2 Å². The van der Waals surface area contributed by atoms with E-state index in [0.717, 1.165) is 36.9 Å². The number of hydrazine groups is 1. The molecule has 0 radical (unpaired) electrons. The summed E-state index contributed by atoms with van der Waals surface area (Å²) in [5.41, 5.74) is 7.73. The van der Waals surface area contributed by atoms with Crippen molar-refractivity contribution in [3.05, 3.63) is 53.5 Å². The first-order valence-corrected chi connectivity index (χ1v) is 8.17. The summed E-state index contributed by atoms with van der Waals surface area (Å²) in [6.07, 6.45) is 0. The van der Waals surface area contributed by atoms with Gasteiger partial charge in [-0.15, -0.1) is 0 Å². The van der Waals surface area contributed by atoms with Gasteiger partial charge in [0.05, 0.1) is 6.04 Å². The fraction of sp³-hybridized carbons (Fsp3) is 0.444. The van der Waals surface area contributed by atoms with Gasteiger partial charge in [-0.05, 0) is 43.7 Å². The number of nitrogens with one attached hydrogen (secondary N) is 3. The van der Waals surface area contributed by atoms with Crippen molar-refractivity contribution < 1.29 is 9.15 Å². The highest BCUT2D eigenvalue weighted by molar-refractivity contribution is 5.27. The van der Waals surface area contributed by atoms with E-state index in [1.165, 1.54) is 5.56 Å². The highest BCUT2D eigenvalue weighted by atomic mass is 16.5. The van der Waals surface area contributed by atoms with Gasteiger partial charge >= 0.3 is 0 Å². The molecule has 2 heterocycles. The molecule has 3 rings (SSSR count). The molecule has 1 saturated heterocycles. The number of ether oxygens (including phenoxy) is 1. The van der Waals surface area contributed by atoms with Crippen LogP contribution in [0.1, 0.15) is 23.1 Å². The van der Waals surface area contributed by atoms with Crippen LogP contribution >= 0.6 is 0 Å². The molecule has 0 bridgehead atoms. The van der Waals surface area contributed by atoms with Gasteiger partial charge in [-0.25, -0.2) is 5.43 Å². The van der Waals surface area contributed by atoms with Gasteiger partial charge in [0.2, 0.25) is 0 Å². The molecular weight excluding hydrogens is 290 g/mol. The molecule has 2 unspecified atom stereocenters. The van der Waals surface area contributed by atoms with Gasteiger partial charge in [-0.2, -0.15) is 0 Å². The van der Waals surface area contributed by atoms with Crippen LogP contribution in [0, 0.1) is 19.8 Å². The van der Waals surface area contributed by atoms with E-state index < -0.39 is 0 Å². The minimum Gasteiger partial charge on any atom is -0.492 e. The van der Waals surface area contributed by atoms with E-state index >= 15 is 0 Å². The molecule has 3 N–H and O–H groups in total. The van der Waals surface area contributed by atoms with E-state index in [-0.39, 0.29) is 6.04 Å². The lowest BCUT2D eigenvalue weighted by Crippen LogP contribution is -2.31. The molecule has 124 valence electrons. The summed E-state index contributed by atoms with van der Waals surface area (Å²) in [6.45, 7) is 7.39. The van der Waals surface area contributed by atoms with Crippen molar-refractivity contribution in [3.8, 4) is 5.75 Å². The molecule has 5 heteroatoms. The van der Waals surface area contributed by atoms with Gasteiger partial charge in [0.25, 0.3) is 0 Å². The number of furan rings is 1. The Morgan fingerprint density at radius 3 is 2.96 bits per heavy atom. The average molecular weight is 315 g/mol. The first-order chi connectivity index (χ1) is 11.2. The summed E-state index contributed by atoms with van der Waals surface area (Å²) in [7, 11) is 0. The van der Waals surface area contributed by atoms with Crippen LogP contribution in [0.3, 0.4) is 0 Å². The monoisotopic (exact) mass is 315 g/mol. The fourth-order valence-corrected chi connectivity index (χ4v) is 2.88. The molecule has 1 aliphatic heterocycles. The van der Waals surface area contributed by atoms with Crippen LogP contribution in [-0.4, -0.2) is 26.2 Å². The third-order valence-corrected chi connectivity index (χ3v) is 4.10. The summed E-state index contributed by atoms with van der Waals surface area (Å²) < 4.78 is 11.5. The molecule has 1 aromatic heterocycles. The second kappa shape index (κ2) is 7.64. The molecule has 0 spiro atoms. The van der Waals surface area contributed by atoms with Gasteiger partial charge in [0.1, 0.15) is 23.9 Å². The Labute approximate surface area is 137 Å². The van der Waals surface area contributed by atoms with Crippen LogP contribution in [0.15, 0.2) is 40.8 Å². The molecule has 23 heavy (non-hydrogen) atoms. The number of rotatable bonds is 7. The lowest BCUT2D eigenvalue weighted by Gasteiger charge is -2.17. The Hall–Kier alpha value is -1.82. The van der Waals surface area contributed by atoms with E-state index in [9.17, 15) is 0 Å². The Balaban J connectivity index is 1.40. The Morgan fingerprint density at radius 2 is 2.17 bits per heavy atom. The van der Waals surface area contributed by atoms with Crippen molar-refractivity contribution in [1.29, 1.82) is 0 Å². The Morgan fingerprint density at radius 1 is 1.26 bits per heavy atom. The zero-order valence-electron chi connectivity index (χ0n) is 13.8. The van der Waals surface area contributed by atoms with Crippen LogP contribution in [0.5, 0.6) is 5.75 Å². The maximum atomic E-state index is 5.75. The maximum Gasteiger partial charge on any atom is 0.122 e. The fourth-order valence-electron chi connectivity index (χ4n) is 2.88. The second-order valence-electron chi connectivity index (χ2n) is 6.08. The Bertz CT molecular complexity index is 626. The van der Waals surface area contributed by atoms with Crippen LogP contribution in [0.4, 0.5) is 0 Å². The molecule has 2 aromatic rings. The van der Waals surface area contributed by atoms with E-state index in [1.54, 1.807) is 0 Å². The number of benzene rings is 1. The van der Waals surface area contributed by atoms with Crippen LogP contribution in [-0.2, 0) is 0 Å². The summed E-state index contributed by atoms with van der Waals surface area (Å²) in [5.74, 6) is 3.33. The quantitative estimate of drug-likeness (QED) is 0.685. The molecule has 5 nitrogen and oxygen atoms in total. The number of hydrogen-bond donors (Lipinski definition) is 3. The van der Waals surface area contributed by atoms with E-state index in [2.05, 4.69) is 35.2 Å². The molecule has 1 fully saturated rings. The lowest BCUT2D eigenvalue weighted by atomic mass is 10.00. The van der Waals surface area contributed by atoms with Crippen LogP contribution < -0.4 is 20.9 Å². The molecule has 1 aromatic carbocycles. The molecule has 1 aliphatic rings. The van der Waals surface area contributed by atoms with Crippen molar-refractivity contribution in [2.45, 2.75) is 19.9 Å². The van der Waals surface area contributed by atoms with Crippen molar-refractivity contribution >= 4 is 0 Å². The summed E-state index contributed by atoms with van der Waals surface area (Å²) in [5, 5.41) is 3.47. The topological polar surface area (TPSA) is 58.5 Å².